The lowest BCUT2D eigenvalue weighted by Crippen LogP contribution is -2.63. The molecule has 1 N–H and O–H groups in total. The van der Waals surface area contributed by atoms with Gasteiger partial charge in [0.05, 0.1) is 6.61 Å². The molecule has 3 nitrogen and oxygen atoms in total. The third-order valence-electron chi connectivity index (χ3n) is 3.42. The Morgan fingerprint density at radius 2 is 1.56 bits per heavy atom. The molecule has 9 heteroatoms. The molecule has 0 spiro atoms. The number of hydrogen-bond donors (Lipinski definition) is 1. The number of alkyl halides is 6. The van der Waals surface area contributed by atoms with E-state index in [1.165, 1.54) is 0 Å². The summed E-state index contributed by atoms with van der Waals surface area (Å²) in [5.74, 6) is -2.78. The third kappa shape index (κ3) is 4.97. The molecule has 0 aliphatic heterocycles. The van der Waals surface area contributed by atoms with Crippen molar-refractivity contribution in [2.75, 3.05) is 6.61 Å². The first kappa shape index (κ1) is 21.0. The Labute approximate surface area is 139 Å². The van der Waals surface area contributed by atoms with E-state index in [0.717, 1.165) is 11.1 Å². The van der Waals surface area contributed by atoms with E-state index in [1.54, 1.807) is 30.3 Å². The number of unbranched alkanes of at least 4 members (excludes halogenated alkanes) is 1. The Morgan fingerprint density at radius 1 is 1.04 bits per heavy atom. The van der Waals surface area contributed by atoms with Crippen LogP contribution in [0.4, 0.5) is 26.3 Å². The minimum absolute atomic E-state index is 0.0424. The van der Waals surface area contributed by atoms with Gasteiger partial charge in [-0.15, -0.1) is 0 Å². The summed E-state index contributed by atoms with van der Waals surface area (Å²) < 4.78 is 78.6. The van der Waals surface area contributed by atoms with E-state index in [9.17, 15) is 31.1 Å². The second-order valence-corrected chi connectivity index (χ2v) is 5.24. The number of ether oxygens (including phenoxy) is 1. The van der Waals surface area contributed by atoms with E-state index < -0.39 is 30.5 Å². The smallest absolute Gasteiger partial charge is 0.437 e. The lowest BCUT2D eigenvalue weighted by Gasteiger charge is -2.29. The highest BCUT2D eigenvalue weighted by atomic mass is 19.4. The normalized spacial score (nSPS) is 12.8. The first-order valence-corrected chi connectivity index (χ1v) is 7.18. The minimum atomic E-state index is -6.23. The van der Waals surface area contributed by atoms with Crippen LogP contribution < -0.4 is 0 Å². The van der Waals surface area contributed by atoms with Crippen molar-refractivity contribution < 1.29 is 41.0 Å². The fourth-order valence-electron chi connectivity index (χ4n) is 1.91. The van der Waals surface area contributed by atoms with Crippen LogP contribution >= 0.6 is 0 Å². The Balaban J connectivity index is 2.51. The number of hydrogen-bond acceptors (Lipinski definition) is 3. The van der Waals surface area contributed by atoms with Gasteiger partial charge in [-0.05, 0) is 30.4 Å². The Morgan fingerprint density at radius 3 is 2.00 bits per heavy atom. The zero-order valence-corrected chi connectivity index (χ0v) is 13.0. The number of halogens is 6. The molecule has 1 aromatic rings. The van der Waals surface area contributed by atoms with Crippen molar-refractivity contribution in [3.63, 3.8) is 0 Å². The van der Waals surface area contributed by atoms with Gasteiger partial charge in [-0.1, -0.05) is 36.9 Å². The molecular weight excluding hydrogens is 354 g/mol. The Hall–Kier alpha value is -2.03. The van der Waals surface area contributed by atoms with Crippen molar-refractivity contribution in [1.29, 1.82) is 0 Å². The maximum Gasteiger partial charge on any atom is 0.437 e. The fourth-order valence-corrected chi connectivity index (χ4v) is 1.91. The molecule has 25 heavy (non-hydrogen) atoms. The average molecular weight is 370 g/mol. The van der Waals surface area contributed by atoms with Crippen molar-refractivity contribution >= 4 is 12.0 Å². The fraction of sp³-hybridized carbons (Fsp3) is 0.438. The van der Waals surface area contributed by atoms with Gasteiger partial charge >= 0.3 is 23.9 Å². The average Bonchev–Trinajstić information content (AvgIpc) is 2.52. The van der Waals surface area contributed by atoms with Crippen LogP contribution in [0.3, 0.4) is 0 Å². The largest absolute Gasteiger partial charge is 0.463 e. The summed E-state index contributed by atoms with van der Waals surface area (Å²) in [6.07, 6.45) is -9.90. The highest BCUT2D eigenvalue weighted by Gasteiger charge is 2.76. The molecule has 0 bridgehead atoms. The molecule has 0 saturated carbocycles. The summed E-state index contributed by atoms with van der Waals surface area (Å²) in [4.78, 5) is 11.1. The molecule has 0 aliphatic rings. The molecule has 0 radical (unpaired) electrons. The second kappa shape index (κ2) is 7.90. The first-order chi connectivity index (χ1) is 11.4. The van der Waals surface area contributed by atoms with Crippen molar-refractivity contribution in [2.24, 2.45) is 0 Å². The molecule has 0 heterocycles. The molecule has 0 amide bonds. The van der Waals surface area contributed by atoms with Crippen molar-refractivity contribution in [1.82, 2.24) is 0 Å². The van der Waals surface area contributed by atoms with Gasteiger partial charge in [-0.25, -0.2) is 4.79 Å². The van der Waals surface area contributed by atoms with Crippen molar-refractivity contribution in [2.45, 2.75) is 37.2 Å². The van der Waals surface area contributed by atoms with Crippen LogP contribution in [0.15, 0.2) is 30.8 Å². The lowest BCUT2D eigenvalue weighted by molar-refractivity contribution is -0.356. The van der Waals surface area contributed by atoms with Gasteiger partial charge in [0, 0.05) is 0 Å². The van der Waals surface area contributed by atoms with E-state index in [-0.39, 0.29) is 6.42 Å². The number of aliphatic hydroxyl groups is 1. The summed E-state index contributed by atoms with van der Waals surface area (Å²) in [6.45, 7) is 2.92. The predicted molar refractivity (Wildman–Crippen MR) is 77.5 cm³/mol. The molecule has 140 valence electrons. The number of carbonyl (C=O) groups excluding carboxylic acids is 1. The minimum Gasteiger partial charge on any atom is -0.463 e. The monoisotopic (exact) mass is 370 g/mol. The molecule has 0 aliphatic carbocycles. The maximum absolute atomic E-state index is 12.4. The van der Waals surface area contributed by atoms with Crippen LogP contribution in [-0.4, -0.2) is 35.6 Å². The number of benzene rings is 1. The van der Waals surface area contributed by atoms with Gasteiger partial charge < -0.3 is 9.84 Å². The van der Waals surface area contributed by atoms with Gasteiger partial charge in [0.25, 0.3) is 0 Å². The van der Waals surface area contributed by atoms with Gasteiger partial charge in [0.15, 0.2) is 0 Å². The predicted octanol–water partition coefficient (Wildman–Crippen LogP) is 4.05. The van der Waals surface area contributed by atoms with E-state index in [1.807, 2.05) is 0 Å². The Bertz CT molecular complexity index is 575. The van der Waals surface area contributed by atoms with Crippen LogP contribution in [0.5, 0.6) is 0 Å². The summed E-state index contributed by atoms with van der Waals surface area (Å²) >= 11 is 0. The number of esters is 1. The first-order valence-electron chi connectivity index (χ1n) is 7.18. The third-order valence-corrected chi connectivity index (χ3v) is 3.42. The molecule has 1 aromatic carbocycles. The van der Waals surface area contributed by atoms with Crippen LogP contribution in [-0.2, 0) is 16.0 Å². The molecule has 0 aromatic heterocycles. The topological polar surface area (TPSA) is 46.5 Å². The molecule has 0 fully saturated rings. The second-order valence-electron chi connectivity index (χ2n) is 5.24. The van der Waals surface area contributed by atoms with E-state index in [0.29, 0.717) is 12.8 Å². The maximum atomic E-state index is 12.4. The zero-order valence-electron chi connectivity index (χ0n) is 13.0. The zero-order chi connectivity index (χ0) is 19.3. The summed E-state index contributed by atoms with van der Waals surface area (Å²) in [7, 11) is 0. The summed E-state index contributed by atoms with van der Waals surface area (Å²) in [5.41, 5.74) is -3.73. The van der Waals surface area contributed by atoms with Crippen LogP contribution in [0.1, 0.15) is 24.0 Å². The quantitative estimate of drug-likeness (QED) is 0.448. The van der Waals surface area contributed by atoms with Gasteiger partial charge in [0.2, 0.25) is 0 Å². The van der Waals surface area contributed by atoms with E-state index in [2.05, 4.69) is 11.3 Å². The van der Waals surface area contributed by atoms with E-state index >= 15 is 0 Å². The molecular formula is C16H16F6O3. The van der Waals surface area contributed by atoms with Crippen LogP contribution in [0, 0.1) is 0 Å². The van der Waals surface area contributed by atoms with Gasteiger partial charge in [-0.2, -0.15) is 26.3 Å². The van der Waals surface area contributed by atoms with Crippen molar-refractivity contribution in [3.8, 4) is 0 Å². The summed E-state index contributed by atoms with van der Waals surface area (Å²) in [6, 6.07) is 7.20. The highest BCUT2D eigenvalue weighted by Crippen LogP contribution is 2.43. The SMILES string of the molecule is C=Cc1ccc(CCCCOC(=O)C(O)(C(F)(F)F)C(F)(F)F)cc1. The van der Waals surface area contributed by atoms with Crippen molar-refractivity contribution in [3.05, 3.63) is 42.0 Å². The number of aryl methyl sites for hydroxylation is 1. The standard InChI is InChI=1S/C16H16F6O3/c1-2-11-6-8-12(9-7-11)5-3-4-10-25-13(23)14(24,15(17,18)19)16(20,21)22/h2,6-9,24H,1,3-5,10H2. The molecule has 0 unspecified atom stereocenters. The number of rotatable bonds is 7. The Kier molecular flexibility index (Phi) is 6.64. The van der Waals surface area contributed by atoms with E-state index in [4.69, 9.17) is 5.11 Å². The highest BCUT2D eigenvalue weighted by molar-refractivity contribution is 5.81. The molecule has 1 rings (SSSR count). The number of carbonyl (C=O) groups is 1. The van der Waals surface area contributed by atoms with Crippen LogP contribution in [0.2, 0.25) is 0 Å². The van der Waals surface area contributed by atoms with Gasteiger partial charge in [0.1, 0.15) is 0 Å². The molecule has 0 atom stereocenters. The lowest BCUT2D eigenvalue weighted by atomic mass is 10.0. The molecule has 0 saturated heterocycles. The van der Waals surface area contributed by atoms with Crippen LogP contribution in [0.25, 0.3) is 6.08 Å². The van der Waals surface area contributed by atoms with Gasteiger partial charge in [-0.3, -0.25) is 0 Å². The summed E-state index contributed by atoms with van der Waals surface area (Å²) in [5, 5.41) is 8.80.